The molecule has 2 aliphatic heterocycles. The van der Waals surface area contributed by atoms with Crippen molar-refractivity contribution < 1.29 is 4.39 Å². The van der Waals surface area contributed by atoms with Gasteiger partial charge in [0.2, 0.25) is 0 Å². The first-order chi connectivity index (χ1) is 19.1. The Bertz CT molecular complexity index is 1940. The molecule has 39 heavy (non-hydrogen) atoms. The number of halogens is 1. The summed E-state index contributed by atoms with van der Waals surface area (Å²) >= 11 is 1.72. The third-order valence-corrected chi connectivity index (χ3v) is 7.65. The molecule has 0 saturated carbocycles. The Morgan fingerprint density at radius 2 is 1.10 bits per heavy atom. The molecule has 0 aliphatic carbocycles. The Morgan fingerprint density at radius 1 is 0.590 bits per heavy atom. The molecule has 0 spiro atoms. The maximum absolute atomic E-state index is 13.9. The molecule has 5 aromatic rings. The minimum Gasteiger partial charge on any atom is -0.355 e. The normalized spacial score (nSPS) is 12.3. The minimum atomic E-state index is -0.272. The van der Waals surface area contributed by atoms with Crippen LogP contribution in [0.2, 0.25) is 0 Å². The van der Waals surface area contributed by atoms with Gasteiger partial charge >= 0.3 is 0 Å². The van der Waals surface area contributed by atoms with Gasteiger partial charge in [-0.3, -0.25) is 0 Å². The quantitative estimate of drug-likeness (QED) is 0.226. The first-order valence-electron chi connectivity index (χ1n) is 12.6. The molecular weight excluding hydrogens is 503 g/mol. The van der Waals surface area contributed by atoms with Gasteiger partial charge in [0.25, 0.3) is 0 Å². The predicted molar refractivity (Wildman–Crippen MR) is 161 cm³/mol. The van der Waals surface area contributed by atoms with E-state index in [0.717, 1.165) is 67.1 Å². The van der Waals surface area contributed by atoms with Crippen LogP contribution in [0.25, 0.3) is 68.6 Å². The summed E-state index contributed by atoms with van der Waals surface area (Å²) in [5.41, 5.74) is 11.0. The molecule has 5 heterocycles. The van der Waals surface area contributed by atoms with Crippen LogP contribution in [0.1, 0.15) is 22.8 Å². The van der Waals surface area contributed by atoms with E-state index in [-0.39, 0.29) is 5.82 Å². The number of nitrogens with zero attached hydrogens (tertiary/aromatic N) is 2. The number of aromatic amines is 2. The number of hydrogen-bond donors (Lipinski definition) is 2. The summed E-state index contributed by atoms with van der Waals surface area (Å²) in [5.74, 6) is -0.272. The Labute approximate surface area is 229 Å². The van der Waals surface area contributed by atoms with E-state index in [0.29, 0.717) is 0 Å². The molecule has 2 aliphatic rings. The van der Waals surface area contributed by atoms with Gasteiger partial charge in [-0.05, 0) is 102 Å². The van der Waals surface area contributed by atoms with Crippen LogP contribution in [-0.4, -0.2) is 26.2 Å². The van der Waals surface area contributed by atoms with Crippen molar-refractivity contribution in [1.29, 1.82) is 0 Å². The van der Waals surface area contributed by atoms with Gasteiger partial charge in [0, 0.05) is 38.1 Å². The summed E-state index contributed by atoms with van der Waals surface area (Å²) in [6.45, 7) is 0. The lowest BCUT2D eigenvalue weighted by atomic mass is 10.0. The summed E-state index contributed by atoms with van der Waals surface area (Å²) in [6.07, 6.45) is 10.2. The summed E-state index contributed by atoms with van der Waals surface area (Å²) in [7, 11) is 0. The Morgan fingerprint density at radius 3 is 1.62 bits per heavy atom. The number of H-pyrrole nitrogens is 2. The molecule has 0 amide bonds. The molecule has 0 saturated heterocycles. The second-order valence-electron chi connectivity index (χ2n) is 9.44. The van der Waals surface area contributed by atoms with E-state index >= 15 is 0 Å². The fourth-order valence-corrected chi connectivity index (χ4v) is 5.46. The monoisotopic (exact) mass is 526 g/mol. The molecule has 7 rings (SSSR count). The van der Waals surface area contributed by atoms with Crippen molar-refractivity contribution in [2.24, 2.45) is 0 Å². The van der Waals surface area contributed by atoms with Gasteiger partial charge in [-0.15, -0.1) is 11.8 Å². The third kappa shape index (κ3) is 4.49. The van der Waals surface area contributed by atoms with Crippen LogP contribution >= 0.6 is 11.8 Å². The van der Waals surface area contributed by atoms with Crippen molar-refractivity contribution in [2.45, 2.75) is 4.90 Å². The highest BCUT2D eigenvalue weighted by Gasteiger charge is 2.14. The van der Waals surface area contributed by atoms with Gasteiger partial charge in [0.05, 0.1) is 22.8 Å². The van der Waals surface area contributed by atoms with Crippen LogP contribution in [0.4, 0.5) is 4.39 Å². The predicted octanol–water partition coefficient (Wildman–Crippen LogP) is 8.85. The van der Waals surface area contributed by atoms with E-state index in [1.165, 1.54) is 17.0 Å². The highest BCUT2D eigenvalue weighted by Crippen LogP contribution is 2.34. The van der Waals surface area contributed by atoms with Crippen LogP contribution in [0.5, 0.6) is 0 Å². The second-order valence-corrected chi connectivity index (χ2v) is 10.3. The molecular formula is C33H23FN4S. The molecule has 2 aromatic carbocycles. The maximum Gasteiger partial charge on any atom is 0.123 e. The summed E-state index contributed by atoms with van der Waals surface area (Å²) in [5, 5.41) is 0. The molecule has 0 unspecified atom stereocenters. The van der Waals surface area contributed by atoms with Crippen molar-refractivity contribution in [2.75, 3.05) is 6.26 Å². The Kier molecular flexibility index (Phi) is 5.75. The van der Waals surface area contributed by atoms with Crippen LogP contribution < -0.4 is 0 Å². The van der Waals surface area contributed by atoms with Crippen LogP contribution in [0.3, 0.4) is 0 Å². The molecule has 0 atom stereocenters. The first-order valence-corrected chi connectivity index (χ1v) is 13.9. The van der Waals surface area contributed by atoms with E-state index in [2.05, 4.69) is 58.7 Å². The van der Waals surface area contributed by atoms with Gasteiger partial charge in [-0.25, -0.2) is 14.4 Å². The van der Waals surface area contributed by atoms with E-state index in [1.54, 1.807) is 23.9 Å². The minimum absolute atomic E-state index is 0.272. The Balaban J connectivity index is 1.60. The number of rotatable bonds is 3. The molecule has 0 fully saturated rings. The standard InChI is InChI=1S/C33H23FN4S/c1-39-27-12-4-21(5-13-27)33-29-15-11-26(37-29)19-24-9-8-23(35-24)18-25-10-14-28(36-25)32(30-16-17-31(33)38-30)20-2-6-22(34)7-3-20/h2-19,35,38H,1H3. The second kappa shape index (κ2) is 9.57. The highest BCUT2D eigenvalue weighted by atomic mass is 32.2. The lowest BCUT2D eigenvalue weighted by Gasteiger charge is -2.06. The van der Waals surface area contributed by atoms with Crippen molar-refractivity contribution in [3.05, 3.63) is 114 Å². The maximum atomic E-state index is 13.9. The van der Waals surface area contributed by atoms with Crippen molar-refractivity contribution in [3.8, 4) is 22.3 Å². The topological polar surface area (TPSA) is 57.4 Å². The number of aromatic nitrogens is 4. The zero-order valence-corrected chi connectivity index (χ0v) is 21.9. The number of thioether (sulfide) groups is 1. The average molecular weight is 527 g/mol. The van der Waals surface area contributed by atoms with E-state index < -0.39 is 0 Å². The molecule has 6 heteroatoms. The van der Waals surface area contributed by atoms with Crippen molar-refractivity contribution in [3.63, 3.8) is 0 Å². The fraction of sp³-hybridized carbons (Fsp3) is 0.0303. The summed E-state index contributed by atoms with van der Waals surface area (Å²) in [6, 6.07) is 27.4. The molecule has 8 bridgehead atoms. The number of fused-ring (bicyclic) bond motifs is 8. The van der Waals surface area contributed by atoms with Crippen LogP contribution in [0.15, 0.2) is 89.8 Å². The lowest BCUT2D eigenvalue weighted by molar-refractivity contribution is 0.628. The molecule has 188 valence electrons. The number of benzene rings is 2. The van der Waals surface area contributed by atoms with Gasteiger partial charge in [0.1, 0.15) is 5.82 Å². The largest absolute Gasteiger partial charge is 0.355 e. The SMILES string of the molecule is CSc1ccc(-c2c3nc(cc4ccc(cc5nc(c(-c6ccc(F)cc6)c6ccc2[nH]6)C=C5)[nH]4)C=C3)cc1. The van der Waals surface area contributed by atoms with Crippen LogP contribution in [0, 0.1) is 5.82 Å². The third-order valence-electron chi connectivity index (χ3n) is 6.91. The van der Waals surface area contributed by atoms with Crippen molar-refractivity contribution in [1.82, 2.24) is 19.9 Å². The number of nitrogens with one attached hydrogen (secondary N) is 2. The van der Waals surface area contributed by atoms with Crippen molar-refractivity contribution >= 4 is 58.1 Å². The molecule has 2 N–H and O–H groups in total. The van der Waals surface area contributed by atoms with Gasteiger partial charge in [0.15, 0.2) is 0 Å². The zero-order valence-electron chi connectivity index (χ0n) is 21.1. The van der Waals surface area contributed by atoms with E-state index in [9.17, 15) is 4.39 Å². The van der Waals surface area contributed by atoms with Gasteiger partial charge in [-0.2, -0.15) is 0 Å². The van der Waals surface area contributed by atoms with E-state index in [4.69, 9.17) is 9.97 Å². The summed E-state index contributed by atoms with van der Waals surface area (Å²) < 4.78 is 13.9. The smallest absolute Gasteiger partial charge is 0.123 e. The Hall–Kier alpha value is -4.68. The first kappa shape index (κ1) is 23.4. The molecule has 4 nitrogen and oxygen atoms in total. The molecule has 3 aromatic heterocycles. The summed E-state index contributed by atoms with van der Waals surface area (Å²) in [4.78, 5) is 18.2. The van der Waals surface area contributed by atoms with Crippen LogP contribution in [-0.2, 0) is 0 Å². The average Bonchev–Trinajstić information content (AvgIpc) is 3.77. The van der Waals surface area contributed by atoms with Gasteiger partial charge < -0.3 is 9.97 Å². The number of hydrogen-bond acceptors (Lipinski definition) is 3. The van der Waals surface area contributed by atoms with E-state index in [1.807, 2.05) is 42.5 Å². The lowest BCUT2D eigenvalue weighted by Crippen LogP contribution is -1.87. The zero-order chi connectivity index (χ0) is 26.3. The fourth-order valence-electron chi connectivity index (χ4n) is 5.06. The molecule has 0 radical (unpaired) electrons. The van der Waals surface area contributed by atoms with Gasteiger partial charge in [-0.1, -0.05) is 24.3 Å². The highest BCUT2D eigenvalue weighted by molar-refractivity contribution is 7.98.